The molecular formula is C18H36IN5O. The second kappa shape index (κ2) is 12.7. The molecule has 1 aliphatic heterocycles. The average Bonchev–Trinajstić information content (AvgIpc) is 3.05. The van der Waals surface area contributed by atoms with E-state index in [0.717, 1.165) is 13.1 Å². The zero-order valence-electron chi connectivity index (χ0n) is 15.6. The van der Waals surface area contributed by atoms with E-state index in [0.29, 0.717) is 37.4 Å². The number of likely N-dealkylation sites (N-methyl/N-ethyl adjacent to an activating group) is 1. The van der Waals surface area contributed by atoms with Gasteiger partial charge < -0.3 is 16.4 Å². The third kappa shape index (κ3) is 8.57. The van der Waals surface area contributed by atoms with Crippen molar-refractivity contribution in [3.8, 4) is 0 Å². The minimum Gasteiger partial charge on any atom is -0.370 e. The summed E-state index contributed by atoms with van der Waals surface area (Å²) in [5.74, 6) is 1.24. The maximum absolute atomic E-state index is 11.9. The van der Waals surface area contributed by atoms with Crippen LogP contribution in [-0.2, 0) is 4.79 Å². The van der Waals surface area contributed by atoms with Crippen LogP contribution in [0.3, 0.4) is 0 Å². The molecule has 7 heteroatoms. The van der Waals surface area contributed by atoms with Gasteiger partial charge in [-0.1, -0.05) is 26.2 Å². The Morgan fingerprint density at radius 1 is 1.12 bits per heavy atom. The number of aliphatic imine (C=N–C) groups is 1. The summed E-state index contributed by atoms with van der Waals surface area (Å²) in [6.07, 6.45) is 9.46. The molecule has 0 aromatic carbocycles. The van der Waals surface area contributed by atoms with Crippen LogP contribution in [0.15, 0.2) is 4.99 Å². The van der Waals surface area contributed by atoms with Crippen molar-refractivity contribution < 1.29 is 4.79 Å². The van der Waals surface area contributed by atoms with Crippen LogP contribution in [0.1, 0.15) is 58.3 Å². The summed E-state index contributed by atoms with van der Waals surface area (Å²) in [5.41, 5.74) is 5.91. The molecule has 0 radical (unpaired) electrons. The molecule has 1 amide bonds. The minimum absolute atomic E-state index is 0. The van der Waals surface area contributed by atoms with Gasteiger partial charge in [0.1, 0.15) is 0 Å². The molecule has 1 atom stereocenters. The normalized spacial score (nSPS) is 22.4. The van der Waals surface area contributed by atoms with E-state index in [1.54, 1.807) is 0 Å². The fourth-order valence-corrected chi connectivity index (χ4v) is 3.90. The molecule has 4 N–H and O–H groups in total. The highest BCUT2D eigenvalue weighted by molar-refractivity contribution is 14.0. The second-order valence-electron chi connectivity index (χ2n) is 7.14. The summed E-state index contributed by atoms with van der Waals surface area (Å²) in [6.45, 7) is 6.46. The molecule has 0 aromatic rings. The van der Waals surface area contributed by atoms with Crippen LogP contribution in [0.4, 0.5) is 0 Å². The Morgan fingerprint density at radius 3 is 2.56 bits per heavy atom. The number of nitrogens with one attached hydrogen (secondary N) is 2. The zero-order chi connectivity index (χ0) is 17.2. The summed E-state index contributed by atoms with van der Waals surface area (Å²) in [4.78, 5) is 18.8. The lowest BCUT2D eigenvalue weighted by Crippen LogP contribution is -2.40. The van der Waals surface area contributed by atoms with E-state index in [9.17, 15) is 4.79 Å². The third-order valence-corrected chi connectivity index (χ3v) is 5.33. The van der Waals surface area contributed by atoms with Gasteiger partial charge in [0.05, 0.1) is 6.54 Å². The lowest BCUT2D eigenvalue weighted by atomic mass is 9.87. The van der Waals surface area contributed by atoms with Crippen molar-refractivity contribution in [1.29, 1.82) is 0 Å². The summed E-state index contributed by atoms with van der Waals surface area (Å²) < 4.78 is 0. The Bertz CT molecular complexity index is 412. The molecule has 0 bridgehead atoms. The van der Waals surface area contributed by atoms with E-state index >= 15 is 0 Å². The van der Waals surface area contributed by atoms with Crippen molar-refractivity contribution >= 4 is 35.8 Å². The van der Waals surface area contributed by atoms with E-state index < -0.39 is 0 Å². The zero-order valence-corrected chi connectivity index (χ0v) is 18.0. The monoisotopic (exact) mass is 465 g/mol. The lowest BCUT2D eigenvalue weighted by molar-refractivity contribution is -0.122. The molecule has 2 fully saturated rings. The fourth-order valence-electron chi connectivity index (χ4n) is 3.90. The highest BCUT2D eigenvalue weighted by Crippen LogP contribution is 2.25. The molecule has 0 spiro atoms. The van der Waals surface area contributed by atoms with Crippen molar-refractivity contribution in [2.24, 2.45) is 16.6 Å². The third-order valence-electron chi connectivity index (χ3n) is 5.33. The standard InChI is InChI=1S/C18H35N5O.HI/c1-2-23-12-6-9-16(23)14-22-18(19)21-11-10-20-17(24)13-15-7-4-3-5-8-15;/h15-16H,2-14H2,1H3,(H,20,24)(H3,19,21,22);1H. The summed E-state index contributed by atoms with van der Waals surface area (Å²) in [7, 11) is 0. The number of likely N-dealkylation sites (tertiary alicyclic amines) is 1. The number of rotatable bonds is 8. The Labute approximate surface area is 169 Å². The van der Waals surface area contributed by atoms with Crippen LogP contribution in [0.2, 0.25) is 0 Å². The van der Waals surface area contributed by atoms with Gasteiger partial charge in [0.15, 0.2) is 5.96 Å². The number of carbonyl (C=O) groups is 1. The van der Waals surface area contributed by atoms with E-state index in [2.05, 4.69) is 27.4 Å². The first-order chi connectivity index (χ1) is 11.7. The van der Waals surface area contributed by atoms with Crippen LogP contribution in [0.5, 0.6) is 0 Å². The van der Waals surface area contributed by atoms with Gasteiger partial charge in [0.25, 0.3) is 0 Å². The summed E-state index contributed by atoms with van der Waals surface area (Å²) >= 11 is 0. The van der Waals surface area contributed by atoms with Crippen molar-refractivity contribution in [1.82, 2.24) is 15.5 Å². The predicted octanol–water partition coefficient (Wildman–Crippen LogP) is 2.08. The van der Waals surface area contributed by atoms with Crippen LogP contribution in [-0.4, -0.2) is 55.5 Å². The summed E-state index contributed by atoms with van der Waals surface area (Å²) in [6, 6.07) is 0.533. The minimum atomic E-state index is 0. The maximum Gasteiger partial charge on any atom is 0.220 e. The van der Waals surface area contributed by atoms with Crippen molar-refractivity contribution in [2.45, 2.75) is 64.3 Å². The second-order valence-corrected chi connectivity index (χ2v) is 7.14. The van der Waals surface area contributed by atoms with Crippen molar-refractivity contribution in [3.63, 3.8) is 0 Å². The van der Waals surface area contributed by atoms with Gasteiger partial charge in [-0.3, -0.25) is 14.7 Å². The quantitative estimate of drug-likeness (QED) is 0.222. The maximum atomic E-state index is 11.9. The molecule has 2 rings (SSSR count). The smallest absolute Gasteiger partial charge is 0.220 e. The largest absolute Gasteiger partial charge is 0.370 e. The Kier molecular flexibility index (Phi) is 11.4. The van der Waals surface area contributed by atoms with Crippen LogP contribution < -0.4 is 16.4 Å². The lowest BCUT2D eigenvalue weighted by Gasteiger charge is -2.21. The molecule has 1 saturated carbocycles. The molecule has 2 aliphatic rings. The van der Waals surface area contributed by atoms with Gasteiger partial charge in [0.2, 0.25) is 5.91 Å². The molecule has 6 nitrogen and oxygen atoms in total. The van der Waals surface area contributed by atoms with Gasteiger partial charge >= 0.3 is 0 Å². The predicted molar refractivity (Wildman–Crippen MR) is 114 cm³/mol. The molecule has 25 heavy (non-hydrogen) atoms. The summed E-state index contributed by atoms with van der Waals surface area (Å²) in [5, 5.41) is 6.07. The number of hydrogen-bond acceptors (Lipinski definition) is 3. The number of nitrogens with two attached hydrogens (primary N) is 1. The van der Waals surface area contributed by atoms with Crippen LogP contribution >= 0.6 is 24.0 Å². The van der Waals surface area contributed by atoms with Gasteiger partial charge in [-0.05, 0) is 44.7 Å². The van der Waals surface area contributed by atoms with Crippen molar-refractivity contribution in [3.05, 3.63) is 0 Å². The van der Waals surface area contributed by atoms with Crippen LogP contribution in [0, 0.1) is 5.92 Å². The first kappa shape index (κ1) is 22.5. The molecule has 1 saturated heterocycles. The van der Waals surface area contributed by atoms with Crippen molar-refractivity contribution in [2.75, 3.05) is 32.7 Å². The molecule has 1 aliphatic carbocycles. The number of amides is 1. The Morgan fingerprint density at radius 2 is 1.84 bits per heavy atom. The van der Waals surface area contributed by atoms with Gasteiger partial charge in [-0.2, -0.15) is 0 Å². The number of halogens is 1. The highest BCUT2D eigenvalue weighted by atomic mass is 127. The molecule has 0 aromatic heterocycles. The topological polar surface area (TPSA) is 82.8 Å². The Hall–Kier alpha value is -0.570. The highest BCUT2D eigenvalue weighted by Gasteiger charge is 2.22. The fraction of sp³-hybridized carbons (Fsp3) is 0.889. The first-order valence-electron chi connectivity index (χ1n) is 9.73. The number of carbonyl (C=O) groups excluding carboxylic acids is 1. The van der Waals surface area contributed by atoms with E-state index in [1.807, 2.05) is 0 Å². The van der Waals surface area contributed by atoms with Gasteiger partial charge in [-0.15, -0.1) is 24.0 Å². The first-order valence-corrected chi connectivity index (χ1v) is 9.73. The van der Waals surface area contributed by atoms with E-state index in [-0.39, 0.29) is 29.9 Å². The number of nitrogens with zero attached hydrogens (tertiary/aromatic N) is 2. The average molecular weight is 465 g/mol. The number of hydrogen-bond donors (Lipinski definition) is 3. The molecular weight excluding hydrogens is 429 g/mol. The van der Waals surface area contributed by atoms with Crippen LogP contribution in [0.25, 0.3) is 0 Å². The molecule has 1 heterocycles. The SMILES string of the molecule is CCN1CCCC1CN=C(N)NCCNC(=O)CC1CCCCC1.I. The van der Waals surface area contributed by atoms with Gasteiger partial charge in [0, 0.05) is 25.6 Å². The molecule has 146 valence electrons. The van der Waals surface area contributed by atoms with Gasteiger partial charge in [-0.25, -0.2) is 0 Å². The Balaban J connectivity index is 0.00000312. The number of guanidine groups is 1. The molecule has 1 unspecified atom stereocenters. The van der Waals surface area contributed by atoms with E-state index in [4.69, 9.17) is 5.73 Å². The van der Waals surface area contributed by atoms with E-state index in [1.165, 1.54) is 51.5 Å².